The van der Waals surface area contributed by atoms with Crippen LogP contribution in [0.3, 0.4) is 0 Å². The van der Waals surface area contributed by atoms with Gasteiger partial charge >= 0.3 is 0 Å². The van der Waals surface area contributed by atoms with Crippen molar-refractivity contribution >= 4 is 34.1 Å². The molecule has 0 radical (unpaired) electrons. The van der Waals surface area contributed by atoms with E-state index >= 15 is 4.39 Å². The second kappa shape index (κ2) is 8.35. The molecule has 9 heteroatoms. The molecule has 0 saturated carbocycles. The summed E-state index contributed by atoms with van der Waals surface area (Å²) in [6, 6.07) is 15.7. The highest BCUT2D eigenvalue weighted by Crippen LogP contribution is 2.30. The summed E-state index contributed by atoms with van der Waals surface area (Å²) in [5.74, 6) is -0.650. The Morgan fingerprint density at radius 3 is 2.45 bits per heavy atom. The molecule has 0 bridgehead atoms. The lowest BCUT2D eigenvalue weighted by Gasteiger charge is -2.14. The number of halogens is 3. The van der Waals surface area contributed by atoms with Gasteiger partial charge in [0.25, 0.3) is 11.1 Å². The minimum atomic E-state index is -0.650. The summed E-state index contributed by atoms with van der Waals surface area (Å²) in [5, 5.41) is 3.65. The van der Waals surface area contributed by atoms with E-state index in [0.717, 1.165) is 11.6 Å². The van der Waals surface area contributed by atoms with Crippen molar-refractivity contribution in [3.8, 4) is 16.9 Å². The van der Waals surface area contributed by atoms with Crippen molar-refractivity contribution in [2.24, 2.45) is 0 Å². The van der Waals surface area contributed by atoms with Crippen molar-refractivity contribution in [1.82, 2.24) is 19.3 Å². The number of benzene rings is 2. The van der Waals surface area contributed by atoms with Crippen LogP contribution in [-0.2, 0) is 6.54 Å². The molecule has 0 aliphatic carbocycles. The van der Waals surface area contributed by atoms with Crippen molar-refractivity contribution in [1.29, 1.82) is 0 Å². The first-order valence-corrected chi connectivity index (χ1v) is 10.7. The molecule has 0 aliphatic rings. The van der Waals surface area contributed by atoms with E-state index in [9.17, 15) is 9.59 Å². The number of H-pyrrole nitrogens is 1. The first-order valence-electron chi connectivity index (χ1n) is 9.92. The van der Waals surface area contributed by atoms with Gasteiger partial charge in [0.1, 0.15) is 5.82 Å². The SMILES string of the molecule is O=c1c2c(-c3ccc(Cl)cc3F)n(Cc3ccncc3)c(=O)cc2[nH]n1-c1ccccc1Cl. The third kappa shape index (κ3) is 3.75. The maximum absolute atomic E-state index is 15.1. The van der Waals surface area contributed by atoms with Crippen LogP contribution in [0.2, 0.25) is 10.0 Å². The number of rotatable bonds is 4. The van der Waals surface area contributed by atoms with Gasteiger partial charge in [-0.1, -0.05) is 35.3 Å². The van der Waals surface area contributed by atoms with Gasteiger partial charge in [-0.05, 0) is 48.0 Å². The molecule has 5 rings (SSSR count). The van der Waals surface area contributed by atoms with Gasteiger partial charge in [-0.25, -0.2) is 9.07 Å². The van der Waals surface area contributed by atoms with E-state index in [1.165, 1.54) is 27.4 Å². The third-order valence-electron chi connectivity index (χ3n) is 5.33. The zero-order valence-electron chi connectivity index (χ0n) is 16.9. The lowest BCUT2D eigenvalue weighted by atomic mass is 10.1. The van der Waals surface area contributed by atoms with Crippen LogP contribution in [0.4, 0.5) is 4.39 Å². The Bertz CT molecular complexity index is 1620. The second-order valence-corrected chi connectivity index (χ2v) is 8.23. The molecule has 33 heavy (non-hydrogen) atoms. The molecular formula is C24H15Cl2FN4O2. The van der Waals surface area contributed by atoms with Crippen LogP contribution in [0, 0.1) is 5.82 Å². The molecule has 164 valence electrons. The number of fused-ring (bicyclic) bond motifs is 1. The van der Waals surface area contributed by atoms with E-state index in [2.05, 4.69) is 10.1 Å². The normalized spacial score (nSPS) is 11.2. The highest BCUT2D eigenvalue weighted by molar-refractivity contribution is 6.32. The van der Waals surface area contributed by atoms with Gasteiger partial charge in [0.05, 0.1) is 33.9 Å². The van der Waals surface area contributed by atoms with Gasteiger partial charge in [-0.2, -0.15) is 0 Å². The summed E-state index contributed by atoms with van der Waals surface area (Å²) >= 11 is 12.3. The number of aromatic amines is 1. The standard InChI is InChI=1S/C24H15Cl2FN4O2/c25-15-5-6-16(18(27)11-15)23-22-19(12-21(32)30(23)13-14-7-9-28-10-8-14)29-31(24(22)33)20-4-2-1-3-17(20)26/h1-12,29H,13H2. The Labute approximate surface area is 196 Å². The molecule has 0 fully saturated rings. The topological polar surface area (TPSA) is 72.7 Å². The molecule has 0 atom stereocenters. The fraction of sp³-hybridized carbons (Fsp3) is 0.0417. The molecule has 0 spiro atoms. The van der Waals surface area contributed by atoms with E-state index in [4.69, 9.17) is 23.2 Å². The van der Waals surface area contributed by atoms with E-state index < -0.39 is 16.9 Å². The number of aromatic nitrogens is 4. The number of para-hydroxylation sites is 1. The molecule has 3 aromatic heterocycles. The van der Waals surface area contributed by atoms with Crippen LogP contribution in [0.5, 0.6) is 0 Å². The average molecular weight is 481 g/mol. The maximum atomic E-state index is 15.1. The number of pyridine rings is 2. The van der Waals surface area contributed by atoms with Crippen molar-refractivity contribution in [2.75, 3.05) is 0 Å². The minimum Gasteiger partial charge on any atom is -0.303 e. The second-order valence-electron chi connectivity index (χ2n) is 7.39. The molecule has 1 N–H and O–H groups in total. The fourth-order valence-electron chi connectivity index (χ4n) is 3.83. The van der Waals surface area contributed by atoms with Crippen molar-refractivity contribution in [3.05, 3.63) is 115 Å². The molecule has 0 aliphatic heterocycles. The number of hydrogen-bond donors (Lipinski definition) is 1. The summed E-state index contributed by atoms with van der Waals surface area (Å²) in [6.07, 6.45) is 3.20. The Kier molecular flexibility index (Phi) is 5.36. The summed E-state index contributed by atoms with van der Waals surface area (Å²) < 4.78 is 17.7. The minimum absolute atomic E-state index is 0.0820. The molecule has 0 saturated heterocycles. The predicted molar refractivity (Wildman–Crippen MR) is 127 cm³/mol. The van der Waals surface area contributed by atoms with Crippen LogP contribution in [0.15, 0.2) is 82.6 Å². The van der Waals surface area contributed by atoms with Gasteiger partial charge in [0.2, 0.25) is 0 Å². The third-order valence-corrected chi connectivity index (χ3v) is 5.88. The molecular weight excluding hydrogens is 466 g/mol. The Balaban J connectivity index is 1.88. The molecule has 3 heterocycles. The van der Waals surface area contributed by atoms with Gasteiger partial charge < -0.3 is 4.57 Å². The van der Waals surface area contributed by atoms with E-state index in [1.807, 2.05) is 0 Å². The summed E-state index contributed by atoms with van der Waals surface area (Å²) in [5.41, 5.74) is 0.802. The zero-order chi connectivity index (χ0) is 23.1. The summed E-state index contributed by atoms with van der Waals surface area (Å²) in [6.45, 7) is 0.116. The van der Waals surface area contributed by atoms with Crippen LogP contribution >= 0.6 is 23.2 Å². The first kappa shape index (κ1) is 21.2. The number of nitrogens with zero attached hydrogens (tertiary/aromatic N) is 3. The molecule has 5 aromatic rings. The molecule has 6 nitrogen and oxygen atoms in total. The van der Waals surface area contributed by atoms with Gasteiger partial charge in [0, 0.05) is 29.0 Å². The van der Waals surface area contributed by atoms with E-state index in [1.54, 1.807) is 48.8 Å². The highest BCUT2D eigenvalue weighted by atomic mass is 35.5. The summed E-state index contributed by atoms with van der Waals surface area (Å²) in [4.78, 5) is 30.7. The predicted octanol–water partition coefficient (Wildman–Crippen LogP) is 5.04. The van der Waals surface area contributed by atoms with Crippen molar-refractivity contribution in [2.45, 2.75) is 6.54 Å². The van der Waals surface area contributed by atoms with Crippen LogP contribution in [0.1, 0.15) is 5.56 Å². The Morgan fingerprint density at radius 2 is 1.73 bits per heavy atom. The largest absolute Gasteiger partial charge is 0.303 e. The zero-order valence-corrected chi connectivity index (χ0v) is 18.4. The number of hydrogen-bond acceptors (Lipinski definition) is 3. The smallest absolute Gasteiger partial charge is 0.281 e. The molecule has 0 amide bonds. The van der Waals surface area contributed by atoms with Gasteiger partial charge in [-0.3, -0.25) is 19.7 Å². The summed E-state index contributed by atoms with van der Waals surface area (Å²) in [7, 11) is 0. The lowest BCUT2D eigenvalue weighted by molar-refractivity contribution is 0.628. The van der Waals surface area contributed by atoms with Crippen LogP contribution in [0.25, 0.3) is 27.8 Å². The van der Waals surface area contributed by atoms with Crippen LogP contribution < -0.4 is 11.1 Å². The Hall–Kier alpha value is -3.68. The molecule has 0 unspecified atom stereocenters. The van der Waals surface area contributed by atoms with Gasteiger partial charge in [0.15, 0.2) is 0 Å². The quantitative estimate of drug-likeness (QED) is 0.391. The first-order chi connectivity index (χ1) is 15.9. The monoisotopic (exact) mass is 480 g/mol. The average Bonchev–Trinajstić information content (AvgIpc) is 3.11. The number of nitrogens with one attached hydrogen (secondary N) is 1. The van der Waals surface area contributed by atoms with Crippen LogP contribution in [-0.4, -0.2) is 19.3 Å². The fourth-order valence-corrected chi connectivity index (χ4v) is 4.21. The maximum Gasteiger partial charge on any atom is 0.281 e. The Morgan fingerprint density at radius 1 is 0.970 bits per heavy atom. The van der Waals surface area contributed by atoms with E-state index in [-0.39, 0.29) is 33.7 Å². The van der Waals surface area contributed by atoms with Gasteiger partial charge in [-0.15, -0.1) is 0 Å². The molecule has 2 aromatic carbocycles. The van der Waals surface area contributed by atoms with Crippen molar-refractivity contribution < 1.29 is 4.39 Å². The highest BCUT2D eigenvalue weighted by Gasteiger charge is 2.22. The lowest BCUT2D eigenvalue weighted by Crippen LogP contribution is -2.24. The van der Waals surface area contributed by atoms with Crippen molar-refractivity contribution in [3.63, 3.8) is 0 Å². The van der Waals surface area contributed by atoms with E-state index in [0.29, 0.717) is 10.7 Å².